The molecule has 0 aromatic heterocycles. The summed E-state index contributed by atoms with van der Waals surface area (Å²) in [4.78, 5) is 2.66. The van der Waals surface area contributed by atoms with Gasteiger partial charge in [0.25, 0.3) is 0 Å². The molecule has 0 saturated carbocycles. The Morgan fingerprint density at radius 1 is 1.04 bits per heavy atom. The van der Waals surface area contributed by atoms with E-state index < -0.39 is 0 Å². The molecule has 0 radical (unpaired) electrons. The summed E-state index contributed by atoms with van der Waals surface area (Å²) in [6.07, 6.45) is 2.50. The van der Waals surface area contributed by atoms with Crippen molar-refractivity contribution in [2.75, 3.05) is 20.2 Å². The third-order valence-electron chi connectivity index (χ3n) is 5.83. The van der Waals surface area contributed by atoms with Gasteiger partial charge in [-0.1, -0.05) is 42.5 Å². The largest absolute Gasteiger partial charge is 0.496 e. The molecule has 1 aliphatic heterocycles. The molecule has 0 spiro atoms. The number of likely N-dealkylation sites (tertiary alicyclic amines) is 1. The van der Waals surface area contributed by atoms with E-state index in [1.165, 1.54) is 36.1 Å². The lowest BCUT2D eigenvalue weighted by Gasteiger charge is -2.29. The molecule has 0 unspecified atom stereocenters. The summed E-state index contributed by atoms with van der Waals surface area (Å²) in [6.45, 7) is 4.70. The number of fused-ring (bicyclic) bond motifs is 3. The van der Waals surface area contributed by atoms with Gasteiger partial charge in [-0.2, -0.15) is 0 Å². The van der Waals surface area contributed by atoms with Gasteiger partial charge in [0.15, 0.2) is 0 Å². The highest BCUT2D eigenvalue weighted by molar-refractivity contribution is 5.46. The van der Waals surface area contributed by atoms with Gasteiger partial charge in [0, 0.05) is 30.6 Å². The van der Waals surface area contributed by atoms with Crippen LogP contribution in [0.1, 0.15) is 42.0 Å². The first-order valence-corrected chi connectivity index (χ1v) is 8.72. The predicted octanol–water partition coefficient (Wildman–Crippen LogP) is 4.42. The Morgan fingerprint density at radius 2 is 1.87 bits per heavy atom. The molecule has 0 amide bonds. The van der Waals surface area contributed by atoms with Gasteiger partial charge in [-0.3, -0.25) is 4.90 Å². The van der Waals surface area contributed by atoms with Crippen molar-refractivity contribution >= 4 is 0 Å². The van der Waals surface area contributed by atoms with Gasteiger partial charge in [-0.25, -0.2) is 0 Å². The zero-order valence-electron chi connectivity index (χ0n) is 14.0. The van der Waals surface area contributed by atoms with E-state index in [0.717, 1.165) is 18.2 Å². The van der Waals surface area contributed by atoms with Crippen LogP contribution in [0.2, 0.25) is 0 Å². The molecule has 2 aliphatic rings. The first-order valence-electron chi connectivity index (χ1n) is 8.72. The Balaban J connectivity index is 1.62. The SMILES string of the molecule is COc1cccc2c1[C@H]1CN([C@@H](C)c3ccccc3)C[C@@H]1CC2. The van der Waals surface area contributed by atoms with Gasteiger partial charge < -0.3 is 4.74 Å². The van der Waals surface area contributed by atoms with E-state index in [9.17, 15) is 0 Å². The summed E-state index contributed by atoms with van der Waals surface area (Å²) < 4.78 is 5.68. The van der Waals surface area contributed by atoms with Crippen molar-refractivity contribution in [3.8, 4) is 5.75 Å². The standard InChI is InChI=1S/C21H25NO/c1-15(16-7-4-3-5-8-16)22-13-18-12-11-17-9-6-10-20(23-2)21(17)19(18)14-22/h3-10,15,18-19H,11-14H2,1-2H3/t15-,18-,19-/m0/s1. The highest BCUT2D eigenvalue weighted by Crippen LogP contribution is 2.46. The number of hydrogen-bond acceptors (Lipinski definition) is 2. The minimum Gasteiger partial charge on any atom is -0.496 e. The quantitative estimate of drug-likeness (QED) is 0.832. The molecule has 1 aliphatic carbocycles. The van der Waals surface area contributed by atoms with Gasteiger partial charge in [0.1, 0.15) is 5.75 Å². The zero-order chi connectivity index (χ0) is 15.8. The van der Waals surface area contributed by atoms with E-state index in [-0.39, 0.29) is 0 Å². The van der Waals surface area contributed by atoms with Gasteiger partial charge in [-0.05, 0) is 42.9 Å². The number of nitrogens with zero attached hydrogens (tertiary/aromatic N) is 1. The van der Waals surface area contributed by atoms with Crippen LogP contribution >= 0.6 is 0 Å². The third kappa shape index (κ3) is 2.55. The van der Waals surface area contributed by atoms with Crippen molar-refractivity contribution in [1.82, 2.24) is 4.90 Å². The maximum absolute atomic E-state index is 5.68. The first kappa shape index (κ1) is 14.8. The zero-order valence-corrected chi connectivity index (χ0v) is 14.0. The number of hydrogen-bond donors (Lipinski definition) is 0. The lowest BCUT2D eigenvalue weighted by Crippen LogP contribution is -2.24. The molecule has 2 nitrogen and oxygen atoms in total. The summed E-state index contributed by atoms with van der Waals surface area (Å²) >= 11 is 0. The van der Waals surface area contributed by atoms with E-state index in [4.69, 9.17) is 4.74 Å². The van der Waals surface area contributed by atoms with Gasteiger partial charge in [0.05, 0.1) is 7.11 Å². The molecule has 120 valence electrons. The predicted molar refractivity (Wildman–Crippen MR) is 94.0 cm³/mol. The molecule has 0 bridgehead atoms. The monoisotopic (exact) mass is 307 g/mol. The van der Waals surface area contributed by atoms with Crippen molar-refractivity contribution < 1.29 is 4.74 Å². The van der Waals surface area contributed by atoms with E-state index in [1.807, 2.05) is 0 Å². The van der Waals surface area contributed by atoms with Gasteiger partial charge in [-0.15, -0.1) is 0 Å². The lowest BCUT2D eigenvalue weighted by molar-refractivity contribution is 0.250. The van der Waals surface area contributed by atoms with E-state index >= 15 is 0 Å². The minimum atomic E-state index is 0.486. The average Bonchev–Trinajstić information content (AvgIpc) is 3.05. The molecule has 1 heterocycles. The lowest BCUT2D eigenvalue weighted by atomic mass is 9.76. The number of ether oxygens (including phenoxy) is 1. The summed E-state index contributed by atoms with van der Waals surface area (Å²) in [5.41, 5.74) is 4.40. The van der Waals surface area contributed by atoms with E-state index in [1.54, 1.807) is 7.11 Å². The van der Waals surface area contributed by atoms with E-state index in [2.05, 4.69) is 60.4 Å². The number of rotatable bonds is 3. The Morgan fingerprint density at radius 3 is 2.65 bits per heavy atom. The molecular weight excluding hydrogens is 282 g/mol. The topological polar surface area (TPSA) is 12.5 Å². The fourth-order valence-corrected chi connectivity index (χ4v) is 4.53. The van der Waals surface area contributed by atoms with E-state index in [0.29, 0.717) is 12.0 Å². The first-order chi connectivity index (χ1) is 11.3. The minimum absolute atomic E-state index is 0.486. The molecule has 1 fully saturated rings. The van der Waals surface area contributed by atoms with Gasteiger partial charge >= 0.3 is 0 Å². The van der Waals surface area contributed by atoms with Crippen LogP contribution in [0.5, 0.6) is 5.75 Å². The van der Waals surface area contributed by atoms with Crippen LogP contribution in [-0.4, -0.2) is 25.1 Å². The second kappa shape index (κ2) is 6.01. The molecule has 2 aromatic carbocycles. The summed E-state index contributed by atoms with van der Waals surface area (Å²) in [7, 11) is 1.80. The second-order valence-electron chi connectivity index (χ2n) is 6.98. The highest BCUT2D eigenvalue weighted by atomic mass is 16.5. The number of methoxy groups -OCH3 is 1. The van der Waals surface area contributed by atoms with Crippen molar-refractivity contribution in [2.45, 2.75) is 31.7 Å². The summed E-state index contributed by atoms with van der Waals surface area (Å²) in [5, 5.41) is 0. The smallest absolute Gasteiger partial charge is 0.122 e. The molecule has 2 heteroatoms. The maximum Gasteiger partial charge on any atom is 0.122 e. The fraction of sp³-hybridized carbons (Fsp3) is 0.429. The fourth-order valence-electron chi connectivity index (χ4n) is 4.53. The van der Waals surface area contributed by atoms with Crippen LogP contribution in [0, 0.1) is 5.92 Å². The Hall–Kier alpha value is -1.80. The van der Waals surface area contributed by atoms with Crippen LogP contribution in [0.4, 0.5) is 0 Å². The summed E-state index contributed by atoms with van der Waals surface area (Å²) in [6, 6.07) is 17.9. The molecule has 23 heavy (non-hydrogen) atoms. The molecule has 2 aromatic rings. The molecule has 1 saturated heterocycles. The second-order valence-corrected chi connectivity index (χ2v) is 6.98. The van der Waals surface area contributed by atoms with Gasteiger partial charge in [0.2, 0.25) is 0 Å². The van der Waals surface area contributed by atoms with Crippen LogP contribution in [0.3, 0.4) is 0 Å². The number of benzene rings is 2. The van der Waals surface area contributed by atoms with Crippen LogP contribution in [0.25, 0.3) is 0 Å². The highest BCUT2D eigenvalue weighted by Gasteiger charge is 2.40. The molecule has 4 rings (SSSR count). The Bertz CT molecular complexity index is 667. The molecule has 3 atom stereocenters. The van der Waals surface area contributed by atoms with Crippen molar-refractivity contribution in [3.63, 3.8) is 0 Å². The molecule has 0 N–H and O–H groups in total. The van der Waals surface area contributed by atoms with Crippen molar-refractivity contribution in [3.05, 3.63) is 65.2 Å². The van der Waals surface area contributed by atoms with Crippen LogP contribution in [0.15, 0.2) is 48.5 Å². The van der Waals surface area contributed by atoms with Crippen LogP contribution < -0.4 is 4.74 Å². The maximum atomic E-state index is 5.68. The normalized spacial score (nSPS) is 24.8. The van der Waals surface area contributed by atoms with Crippen LogP contribution in [-0.2, 0) is 6.42 Å². The Labute approximate surface area is 139 Å². The Kier molecular flexibility index (Phi) is 3.86. The van der Waals surface area contributed by atoms with Crippen molar-refractivity contribution in [1.29, 1.82) is 0 Å². The molecular formula is C21H25NO. The summed E-state index contributed by atoms with van der Waals surface area (Å²) in [5.74, 6) is 2.48. The van der Waals surface area contributed by atoms with Crippen molar-refractivity contribution in [2.24, 2.45) is 5.92 Å². The number of aryl methyl sites for hydroxylation is 1. The third-order valence-corrected chi connectivity index (χ3v) is 5.83. The average molecular weight is 307 g/mol.